The average molecular weight is 294 g/mol. The highest BCUT2D eigenvalue weighted by atomic mass is 32.2. The molecule has 0 aliphatic heterocycles. The van der Waals surface area contributed by atoms with E-state index < -0.39 is 23.2 Å². The normalized spacial score (nSPS) is 13.1. The highest BCUT2D eigenvalue weighted by Crippen LogP contribution is 2.37. The molecule has 1 aromatic heterocycles. The van der Waals surface area contributed by atoms with Crippen LogP contribution in [0.25, 0.3) is 0 Å². The number of aliphatic hydroxyl groups is 1. The third-order valence-electron chi connectivity index (χ3n) is 2.15. The molecule has 1 rings (SSSR count). The number of halogens is 3. The molecule has 106 valence electrons. The van der Waals surface area contributed by atoms with Crippen LogP contribution in [-0.2, 0) is 0 Å². The lowest BCUT2D eigenvalue weighted by Crippen LogP contribution is -2.30. The van der Waals surface area contributed by atoms with Crippen LogP contribution in [0.4, 0.5) is 13.2 Å². The fraction of sp³-hybridized carbons (Fsp3) is 0.455. The molecule has 0 bridgehead atoms. The monoisotopic (exact) mass is 294 g/mol. The quantitative estimate of drug-likeness (QED) is 0.816. The smallest absolute Gasteiger partial charge is 0.396 e. The van der Waals surface area contributed by atoms with Crippen molar-refractivity contribution >= 4 is 17.7 Å². The Balaban J connectivity index is 2.79. The Hall–Kier alpha value is -1.28. The highest BCUT2D eigenvalue weighted by Gasteiger charge is 2.32. The summed E-state index contributed by atoms with van der Waals surface area (Å²) in [6, 6.07) is 2.67. The minimum atomic E-state index is -4.50. The van der Waals surface area contributed by atoms with Gasteiger partial charge in [0.2, 0.25) is 0 Å². The number of rotatable bonds is 5. The molecular weight excluding hydrogens is 281 g/mol. The van der Waals surface area contributed by atoms with Gasteiger partial charge in [-0.2, -0.15) is 13.2 Å². The van der Waals surface area contributed by atoms with Crippen LogP contribution in [0.2, 0.25) is 0 Å². The van der Waals surface area contributed by atoms with Crippen LogP contribution >= 0.6 is 11.8 Å². The number of carbonyl (C=O) groups is 1. The van der Waals surface area contributed by atoms with Crippen LogP contribution in [0.3, 0.4) is 0 Å². The molecule has 0 aliphatic carbocycles. The fourth-order valence-electron chi connectivity index (χ4n) is 1.18. The number of nitrogens with zero attached hydrogens (tertiary/aromatic N) is 1. The summed E-state index contributed by atoms with van der Waals surface area (Å²) in [6.45, 7) is 1.77. The van der Waals surface area contributed by atoms with Gasteiger partial charge >= 0.3 is 5.51 Å². The molecular formula is C11H13F3N2O2S. The Labute approximate surface area is 112 Å². The second-order valence-corrected chi connectivity index (χ2v) is 4.96. The molecule has 1 atom stereocenters. The lowest BCUT2D eigenvalue weighted by atomic mass is 10.2. The number of thioether (sulfide) groups is 1. The number of hydrogen-bond donors (Lipinski definition) is 2. The maximum Gasteiger partial charge on any atom is 0.447 e. The van der Waals surface area contributed by atoms with Crippen molar-refractivity contribution in [2.75, 3.05) is 13.2 Å². The molecule has 0 saturated carbocycles. The van der Waals surface area contributed by atoms with Gasteiger partial charge in [-0.3, -0.25) is 4.79 Å². The zero-order valence-electron chi connectivity index (χ0n) is 10.1. The third-order valence-corrected chi connectivity index (χ3v) is 2.90. The molecule has 1 aromatic rings. The highest BCUT2D eigenvalue weighted by molar-refractivity contribution is 8.00. The maximum atomic E-state index is 12.3. The van der Waals surface area contributed by atoms with Gasteiger partial charge in [0.15, 0.2) is 0 Å². The van der Waals surface area contributed by atoms with E-state index in [-0.39, 0.29) is 29.7 Å². The number of carbonyl (C=O) groups excluding carboxylic acids is 1. The molecule has 1 amide bonds. The Morgan fingerprint density at radius 1 is 1.58 bits per heavy atom. The Bertz CT molecular complexity index is 440. The standard InChI is InChI=1S/C11H13F3N2O2S/c1-7(6-17)5-16-9(18)8-3-2-4-15-10(8)19-11(12,13)14/h2-4,7,17H,5-6H2,1H3,(H,16,18). The van der Waals surface area contributed by atoms with Gasteiger partial charge in [0.05, 0.1) is 5.56 Å². The van der Waals surface area contributed by atoms with E-state index in [1.165, 1.54) is 18.3 Å². The van der Waals surface area contributed by atoms with Gasteiger partial charge < -0.3 is 10.4 Å². The van der Waals surface area contributed by atoms with E-state index >= 15 is 0 Å². The van der Waals surface area contributed by atoms with Crippen molar-refractivity contribution in [3.05, 3.63) is 23.9 Å². The van der Waals surface area contributed by atoms with Crippen molar-refractivity contribution in [3.63, 3.8) is 0 Å². The van der Waals surface area contributed by atoms with Crippen molar-refractivity contribution < 1.29 is 23.1 Å². The first kappa shape index (κ1) is 15.8. The molecule has 4 nitrogen and oxygen atoms in total. The van der Waals surface area contributed by atoms with E-state index in [0.29, 0.717) is 0 Å². The summed E-state index contributed by atoms with van der Waals surface area (Å²) < 4.78 is 36.9. The third kappa shape index (κ3) is 5.48. The molecule has 19 heavy (non-hydrogen) atoms. The second-order valence-electron chi connectivity index (χ2n) is 3.90. The summed E-state index contributed by atoms with van der Waals surface area (Å²) in [4.78, 5) is 15.3. The summed E-state index contributed by atoms with van der Waals surface area (Å²) in [6.07, 6.45) is 1.20. The molecule has 2 N–H and O–H groups in total. The van der Waals surface area contributed by atoms with Crippen LogP contribution in [-0.4, -0.2) is 34.7 Å². The summed E-state index contributed by atoms with van der Waals surface area (Å²) in [5.74, 6) is -0.806. The molecule has 1 unspecified atom stereocenters. The van der Waals surface area contributed by atoms with Gasteiger partial charge in [0, 0.05) is 31.1 Å². The first-order valence-electron chi connectivity index (χ1n) is 5.43. The fourth-order valence-corrected chi connectivity index (χ4v) is 1.78. The molecule has 0 saturated heterocycles. The topological polar surface area (TPSA) is 62.2 Å². The predicted octanol–water partition coefficient (Wildman–Crippen LogP) is 2.05. The summed E-state index contributed by atoms with van der Waals surface area (Å²) in [5.41, 5.74) is -4.63. The average Bonchev–Trinajstić information content (AvgIpc) is 2.34. The van der Waals surface area contributed by atoms with Crippen molar-refractivity contribution in [3.8, 4) is 0 Å². The molecule has 0 aliphatic rings. The van der Waals surface area contributed by atoms with E-state index in [1.807, 2.05) is 0 Å². The summed E-state index contributed by atoms with van der Waals surface area (Å²) >= 11 is -0.426. The van der Waals surface area contributed by atoms with Crippen LogP contribution in [0.1, 0.15) is 17.3 Å². The minimum absolute atomic E-state index is 0.114. The van der Waals surface area contributed by atoms with Crippen molar-refractivity contribution in [1.82, 2.24) is 10.3 Å². The van der Waals surface area contributed by atoms with E-state index in [1.54, 1.807) is 6.92 Å². The summed E-state index contributed by atoms with van der Waals surface area (Å²) in [5, 5.41) is 10.9. The van der Waals surface area contributed by atoms with Crippen LogP contribution in [0, 0.1) is 5.92 Å². The second kappa shape index (κ2) is 6.76. The zero-order valence-corrected chi connectivity index (χ0v) is 10.9. The van der Waals surface area contributed by atoms with Gasteiger partial charge in [-0.05, 0) is 18.1 Å². The van der Waals surface area contributed by atoms with Crippen LogP contribution in [0.5, 0.6) is 0 Å². The molecule has 0 radical (unpaired) electrons. The lowest BCUT2D eigenvalue weighted by molar-refractivity contribution is -0.0329. The molecule has 0 spiro atoms. The first-order chi connectivity index (χ1) is 8.83. The predicted molar refractivity (Wildman–Crippen MR) is 64.7 cm³/mol. The number of aromatic nitrogens is 1. The van der Waals surface area contributed by atoms with Gasteiger partial charge in [0.25, 0.3) is 5.91 Å². The Kier molecular flexibility index (Phi) is 5.61. The van der Waals surface area contributed by atoms with E-state index in [2.05, 4.69) is 10.3 Å². The van der Waals surface area contributed by atoms with E-state index in [0.717, 1.165) is 0 Å². The number of pyridine rings is 1. The van der Waals surface area contributed by atoms with Crippen LogP contribution < -0.4 is 5.32 Å². The largest absolute Gasteiger partial charge is 0.447 e. The van der Waals surface area contributed by atoms with E-state index in [9.17, 15) is 18.0 Å². The molecule has 1 heterocycles. The van der Waals surface area contributed by atoms with Gasteiger partial charge in [-0.25, -0.2) is 4.98 Å². The minimum Gasteiger partial charge on any atom is -0.396 e. The molecule has 8 heteroatoms. The first-order valence-corrected chi connectivity index (χ1v) is 6.25. The van der Waals surface area contributed by atoms with Gasteiger partial charge in [-0.1, -0.05) is 6.92 Å². The zero-order chi connectivity index (χ0) is 14.5. The van der Waals surface area contributed by atoms with Crippen molar-refractivity contribution in [2.24, 2.45) is 5.92 Å². The summed E-state index contributed by atoms with van der Waals surface area (Å²) in [7, 11) is 0. The number of amides is 1. The van der Waals surface area contributed by atoms with E-state index in [4.69, 9.17) is 5.11 Å². The number of aliphatic hydroxyl groups excluding tert-OH is 1. The maximum absolute atomic E-state index is 12.3. The number of alkyl halides is 3. The molecule has 0 aromatic carbocycles. The van der Waals surface area contributed by atoms with Gasteiger partial charge in [0.1, 0.15) is 5.03 Å². The SMILES string of the molecule is CC(CO)CNC(=O)c1cccnc1SC(F)(F)F. The Morgan fingerprint density at radius 2 is 2.26 bits per heavy atom. The van der Waals surface area contributed by atoms with Crippen LogP contribution in [0.15, 0.2) is 23.4 Å². The number of nitrogens with one attached hydrogen (secondary N) is 1. The lowest BCUT2D eigenvalue weighted by Gasteiger charge is -2.12. The Morgan fingerprint density at radius 3 is 2.84 bits per heavy atom. The molecule has 0 fully saturated rings. The van der Waals surface area contributed by atoms with Gasteiger partial charge in [-0.15, -0.1) is 0 Å². The number of hydrogen-bond acceptors (Lipinski definition) is 4. The van der Waals surface area contributed by atoms with Crippen molar-refractivity contribution in [2.45, 2.75) is 17.5 Å². The van der Waals surface area contributed by atoms with Crippen molar-refractivity contribution in [1.29, 1.82) is 0 Å².